The Morgan fingerprint density at radius 3 is 0.722 bits per heavy atom. The van der Waals surface area contributed by atoms with E-state index in [2.05, 4.69) is 106 Å². The van der Waals surface area contributed by atoms with E-state index >= 15 is 0 Å². The second-order valence-electron chi connectivity index (χ2n) is 22.7. The van der Waals surface area contributed by atoms with Crippen LogP contribution in [0, 0.1) is 0 Å². The number of esters is 3. The van der Waals surface area contributed by atoms with E-state index in [4.69, 9.17) is 14.2 Å². The summed E-state index contributed by atoms with van der Waals surface area (Å²) in [6.07, 6.45) is 88.8. The van der Waals surface area contributed by atoms with Crippen LogP contribution < -0.4 is 0 Å². The summed E-state index contributed by atoms with van der Waals surface area (Å²) >= 11 is 0. The fourth-order valence-corrected chi connectivity index (χ4v) is 9.69. The number of hydrogen-bond donors (Lipinski definition) is 0. The molecule has 0 aromatic rings. The Balaban J connectivity index is 4.29. The Morgan fingerprint density at radius 1 is 0.253 bits per heavy atom. The SMILES string of the molecule is CCCCCC/C=C\C/C=C\CCCCCCCC(=O)OCC(COC(=O)CCCCCCCCCCCCCCCC/C=C\C/C=C\C/C=C\CCCCCCC)OC(=O)CCCCCCC/C=C\C/C=C\CCCCCC. The first-order valence-corrected chi connectivity index (χ1v) is 34.1. The zero-order valence-electron chi connectivity index (χ0n) is 52.4. The molecule has 6 nitrogen and oxygen atoms in total. The van der Waals surface area contributed by atoms with Crippen LogP contribution >= 0.6 is 0 Å². The van der Waals surface area contributed by atoms with Crippen LogP contribution in [0.1, 0.15) is 342 Å². The van der Waals surface area contributed by atoms with E-state index in [0.29, 0.717) is 19.3 Å². The van der Waals surface area contributed by atoms with Crippen molar-refractivity contribution in [1.29, 1.82) is 0 Å². The Morgan fingerprint density at radius 2 is 0.456 bits per heavy atom. The molecule has 0 saturated heterocycles. The predicted molar refractivity (Wildman–Crippen MR) is 344 cm³/mol. The van der Waals surface area contributed by atoms with Gasteiger partial charge in [0.25, 0.3) is 0 Å². The predicted octanol–water partition coefficient (Wildman–Crippen LogP) is 23.4. The zero-order valence-corrected chi connectivity index (χ0v) is 52.4. The Kier molecular flexibility index (Phi) is 64.2. The lowest BCUT2D eigenvalue weighted by molar-refractivity contribution is -0.167. The lowest BCUT2D eigenvalue weighted by atomic mass is 10.0. The largest absolute Gasteiger partial charge is 0.462 e. The van der Waals surface area contributed by atoms with Gasteiger partial charge in [0.2, 0.25) is 0 Å². The van der Waals surface area contributed by atoms with Crippen molar-refractivity contribution in [3.05, 3.63) is 85.1 Å². The third kappa shape index (κ3) is 65.3. The normalized spacial score (nSPS) is 12.6. The molecule has 0 bridgehead atoms. The van der Waals surface area contributed by atoms with Crippen molar-refractivity contribution in [2.75, 3.05) is 13.2 Å². The van der Waals surface area contributed by atoms with Gasteiger partial charge in [0, 0.05) is 19.3 Å². The quantitative estimate of drug-likeness (QED) is 0.0261. The van der Waals surface area contributed by atoms with Crippen LogP contribution in [-0.2, 0) is 28.6 Å². The molecule has 0 fully saturated rings. The van der Waals surface area contributed by atoms with Crippen LogP contribution in [0.3, 0.4) is 0 Å². The molecule has 456 valence electrons. The molecule has 0 amide bonds. The van der Waals surface area contributed by atoms with Gasteiger partial charge in [0.05, 0.1) is 0 Å². The van der Waals surface area contributed by atoms with Crippen molar-refractivity contribution < 1.29 is 28.6 Å². The number of hydrogen-bond acceptors (Lipinski definition) is 6. The molecule has 0 aromatic carbocycles. The summed E-state index contributed by atoms with van der Waals surface area (Å²) in [7, 11) is 0. The molecule has 0 aliphatic heterocycles. The van der Waals surface area contributed by atoms with Gasteiger partial charge in [-0.1, -0.05) is 286 Å². The smallest absolute Gasteiger partial charge is 0.306 e. The molecule has 0 radical (unpaired) electrons. The maximum atomic E-state index is 12.9. The van der Waals surface area contributed by atoms with Crippen LogP contribution in [-0.4, -0.2) is 37.2 Å². The lowest BCUT2D eigenvalue weighted by Crippen LogP contribution is -2.30. The number of ether oxygens (including phenoxy) is 3. The molecule has 0 heterocycles. The van der Waals surface area contributed by atoms with Crippen LogP contribution in [0.15, 0.2) is 85.1 Å². The van der Waals surface area contributed by atoms with Crippen molar-refractivity contribution >= 4 is 17.9 Å². The van der Waals surface area contributed by atoms with Gasteiger partial charge in [-0.15, -0.1) is 0 Å². The molecular formula is C73H128O6. The van der Waals surface area contributed by atoms with Gasteiger partial charge in [0.1, 0.15) is 13.2 Å². The molecule has 0 aliphatic rings. The van der Waals surface area contributed by atoms with Gasteiger partial charge in [-0.2, -0.15) is 0 Å². The fourth-order valence-electron chi connectivity index (χ4n) is 9.69. The summed E-state index contributed by atoms with van der Waals surface area (Å²) in [4.78, 5) is 38.4. The lowest BCUT2D eigenvalue weighted by Gasteiger charge is -2.18. The third-order valence-corrected chi connectivity index (χ3v) is 14.8. The summed E-state index contributed by atoms with van der Waals surface area (Å²) in [6.45, 7) is 6.61. The van der Waals surface area contributed by atoms with E-state index in [1.807, 2.05) is 0 Å². The van der Waals surface area contributed by atoms with E-state index < -0.39 is 6.10 Å². The molecule has 79 heavy (non-hydrogen) atoms. The summed E-state index contributed by atoms with van der Waals surface area (Å²) in [5.74, 6) is -0.900. The van der Waals surface area contributed by atoms with E-state index in [0.717, 1.165) is 116 Å². The van der Waals surface area contributed by atoms with Gasteiger partial charge < -0.3 is 14.2 Å². The molecule has 6 heteroatoms. The number of unbranched alkanes of at least 4 members (excludes halogenated alkanes) is 37. The first-order valence-electron chi connectivity index (χ1n) is 34.1. The fraction of sp³-hybridized carbons (Fsp3) is 0.767. The summed E-state index contributed by atoms with van der Waals surface area (Å²) in [6, 6.07) is 0. The van der Waals surface area contributed by atoms with Crippen molar-refractivity contribution in [2.24, 2.45) is 0 Å². The summed E-state index contributed by atoms with van der Waals surface area (Å²) < 4.78 is 16.9. The average molecular weight is 1100 g/mol. The van der Waals surface area contributed by atoms with E-state index in [1.54, 1.807) is 0 Å². The zero-order chi connectivity index (χ0) is 57.1. The molecule has 0 spiro atoms. The molecule has 0 N–H and O–H groups in total. The monoisotopic (exact) mass is 1100 g/mol. The highest BCUT2D eigenvalue weighted by Crippen LogP contribution is 2.16. The van der Waals surface area contributed by atoms with Crippen molar-refractivity contribution in [2.45, 2.75) is 348 Å². The molecule has 0 aliphatic carbocycles. The highest BCUT2D eigenvalue weighted by atomic mass is 16.6. The Bertz CT molecular complexity index is 1500. The summed E-state index contributed by atoms with van der Waals surface area (Å²) in [5, 5.41) is 0. The van der Waals surface area contributed by atoms with Crippen molar-refractivity contribution in [1.82, 2.24) is 0 Å². The maximum absolute atomic E-state index is 12.9. The molecule has 1 atom stereocenters. The second kappa shape index (κ2) is 67.1. The minimum atomic E-state index is -0.791. The average Bonchev–Trinajstić information content (AvgIpc) is 3.45. The second-order valence-corrected chi connectivity index (χ2v) is 22.7. The third-order valence-electron chi connectivity index (χ3n) is 14.8. The number of carbonyl (C=O) groups excluding carboxylic acids is 3. The first kappa shape index (κ1) is 75.6. The van der Waals surface area contributed by atoms with Crippen LogP contribution in [0.5, 0.6) is 0 Å². The highest BCUT2D eigenvalue weighted by molar-refractivity contribution is 5.71. The van der Waals surface area contributed by atoms with Gasteiger partial charge in [0.15, 0.2) is 6.10 Å². The number of allylic oxidation sites excluding steroid dienone is 14. The van der Waals surface area contributed by atoms with Crippen molar-refractivity contribution in [3.8, 4) is 0 Å². The van der Waals surface area contributed by atoms with E-state index in [9.17, 15) is 14.4 Å². The van der Waals surface area contributed by atoms with Crippen LogP contribution in [0.25, 0.3) is 0 Å². The minimum absolute atomic E-state index is 0.0855. The standard InChI is InChI=1S/C73H128O6/c1-4-7-10-13-16-19-22-25-28-31-32-33-34-35-36-37-38-39-40-41-42-43-46-48-51-54-57-60-63-66-72(75)78-69-70(79-73(76)67-64-61-58-55-52-49-45-30-27-24-21-18-15-12-9-6-3)68-77-71(74)65-62-59-56-53-50-47-44-29-26-23-20-17-14-11-8-5-2/h20-25,29-32,34-35,44-45,70H,4-19,26-28,33,36-43,46-69H2,1-3H3/b23-20-,24-21-,25-22-,32-31-,35-34-,44-29-,45-30-. The van der Waals surface area contributed by atoms with Gasteiger partial charge in [-0.3, -0.25) is 14.4 Å². The van der Waals surface area contributed by atoms with Crippen molar-refractivity contribution in [3.63, 3.8) is 0 Å². The van der Waals surface area contributed by atoms with Gasteiger partial charge in [-0.25, -0.2) is 0 Å². The van der Waals surface area contributed by atoms with E-state index in [-0.39, 0.29) is 31.1 Å². The first-order chi connectivity index (χ1) is 39.0. The highest BCUT2D eigenvalue weighted by Gasteiger charge is 2.19. The molecule has 0 rings (SSSR count). The van der Waals surface area contributed by atoms with Crippen LogP contribution in [0.4, 0.5) is 0 Å². The Hall–Kier alpha value is -3.41. The maximum Gasteiger partial charge on any atom is 0.306 e. The van der Waals surface area contributed by atoms with Crippen LogP contribution in [0.2, 0.25) is 0 Å². The molecule has 1 unspecified atom stereocenters. The topological polar surface area (TPSA) is 78.9 Å². The Labute approximate surface area is 490 Å². The number of carbonyl (C=O) groups is 3. The molecule has 0 saturated carbocycles. The molecule has 0 aromatic heterocycles. The molecular weight excluding hydrogens is 973 g/mol. The number of rotatable bonds is 62. The minimum Gasteiger partial charge on any atom is -0.462 e. The van der Waals surface area contributed by atoms with E-state index in [1.165, 1.54) is 186 Å². The summed E-state index contributed by atoms with van der Waals surface area (Å²) in [5.41, 5.74) is 0. The van der Waals surface area contributed by atoms with Gasteiger partial charge >= 0.3 is 17.9 Å². The van der Waals surface area contributed by atoms with Gasteiger partial charge in [-0.05, 0) is 122 Å².